The first kappa shape index (κ1) is 8.41. The lowest BCUT2D eigenvalue weighted by molar-refractivity contribution is 0.111. The first-order valence-corrected chi connectivity index (χ1v) is 5.13. The monoisotopic (exact) mass is 204 g/mol. The number of ether oxygens (including phenoxy) is 1. The van der Waals surface area contributed by atoms with Crippen molar-refractivity contribution in [1.29, 1.82) is 0 Å². The predicted molar refractivity (Wildman–Crippen MR) is 47.6 cm³/mol. The molecule has 0 amide bonds. The largest absolute Gasteiger partial charge is 0.378 e. The Labute approximate surface area is 79.7 Å². The van der Waals surface area contributed by atoms with Gasteiger partial charge in [0.25, 0.3) is 0 Å². The summed E-state index contributed by atoms with van der Waals surface area (Å²) in [4.78, 5) is 0. The van der Waals surface area contributed by atoms with Crippen LogP contribution in [-0.4, -0.2) is 22.9 Å². The Balaban J connectivity index is 1.94. The van der Waals surface area contributed by atoms with Gasteiger partial charge in [0.1, 0.15) is 5.01 Å². The minimum Gasteiger partial charge on any atom is -0.378 e. The summed E-state index contributed by atoms with van der Waals surface area (Å²) in [5.74, 6) is 0. The van der Waals surface area contributed by atoms with Crippen molar-refractivity contribution in [2.24, 2.45) is 0 Å². The number of hydrogen-bond donors (Lipinski definition) is 0. The van der Waals surface area contributed by atoms with Gasteiger partial charge in [-0.1, -0.05) is 11.3 Å². The van der Waals surface area contributed by atoms with Crippen molar-refractivity contribution in [3.63, 3.8) is 0 Å². The highest BCUT2D eigenvalue weighted by atomic mass is 35.5. The van der Waals surface area contributed by atoms with Gasteiger partial charge in [-0.3, -0.25) is 0 Å². The van der Waals surface area contributed by atoms with E-state index in [-0.39, 0.29) is 0 Å². The van der Waals surface area contributed by atoms with E-state index in [0.717, 1.165) is 30.9 Å². The number of rotatable bonds is 2. The van der Waals surface area contributed by atoms with Crippen LogP contribution in [0.5, 0.6) is 0 Å². The van der Waals surface area contributed by atoms with Crippen LogP contribution in [0.4, 0.5) is 0 Å². The van der Waals surface area contributed by atoms with Gasteiger partial charge in [0.2, 0.25) is 4.47 Å². The zero-order valence-electron chi connectivity index (χ0n) is 6.49. The molecule has 0 aromatic carbocycles. The molecule has 0 bridgehead atoms. The molecule has 0 radical (unpaired) electrons. The minimum atomic E-state index is 0.342. The Kier molecular flexibility index (Phi) is 2.58. The molecule has 0 aliphatic carbocycles. The maximum absolute atomic E-state index is 5.65. The van der Waals surface area contributed by atoms with Crippen molar-refractivity contribution >= 4 is 22.9 Å². The second-order valence-electron chi connectivity index (χ2n) is 2.79. The molecule has 1 atom stereocenters. The Morgan fingerprint density at radius 1 is 1.58 bits per heavy atom. The van der Waals surface area contributed by atoms with E-state index in [1.807, 2.05) is 0 Å². The Morgan fingerprint density at radius 2 is 2.50 bits per heavy atom. The molecule has 2 heterocycles. The van der Waals surface area contributed by atoms with Gasteiger partial charge in [-0.05, 0) is 24.4 Å². The maximum atomic E-state index is 5.65. The molecule has 1 unspecified atom stereocenters. The third-order valence-corrected chi connectivity index (χ3v) is 2.91. The molecule has 1 aliphatic heterocycles. The van der Waals surface area contributed by atoms with Crippen LogP contribution in [0.1, 0.15) is 17.8 Å². The Bertz CT molecular complexity index is 260. The van der Waals surface area contributed by atoms with Crippen molar-refractivity contribution < 1.29 is 4.74 Å². The molecule has 2 rings (SSSR count). The second kappa shape index (κ2) is 3.68. The van der Waals surface area contributed by atoms with Gasteiger partial charge in [-0.25, -0.2) is 0 Å². The number of hydrogen-bond acceptors (Lipinski definition) is 4. The molecule has 0 spiro atoms. The van der Waals surface area contributed by atoms with E-state index in [4.69, 9.17) is 16.3 Å². The third kappa shape index (κ3) is 1.94. The summed E-state index contributed by atoms with van der Waals surface area (Å²) in [6.45, 7) is 0.886. The van der Waals surface area contributed by atoms with Crippen molar-refractivity contribution in [2.45, 2.75) is 25.4 Å². The Morgan fingerprint density at radius 3 is 3.08 bits per heavy atom. The van der Waals surface area contributed by atoms with Crippen LogP contribution in [0.15, 0.2) is 0 Å². The van der Waals surface area contributed by atoms with Crippen LogP contribution in [0, 0.1) is 0 Å². The van der Waals surface area contributed by atoms with Crippen LogP contribution in [-0.2, 0) is 11.2 Å². The molecule has 66 valence electrons. The average Bonchev–Trinajstić information content (AvgIpc) is 2.63. The van der Waals surface area contributed by atoms with Crippen molar-refractivity contribution in [1.82, 2.24) is 10.2 Å². The first-order valence-electron chi connectivity index (χ1n) is 3.94. The molecule has 5 heteroatoms. The summed E-state index contributed by atoms with van der Waals surface area (Å²) >= 11 is 7.09. The van der Waals surface area contributed by atoms with Crippen LogP contribution < -0.4 is 0 Å². The highest BCUT2D eigenvalue weighted by Crippen LogP contribution is 2.21. The molecule has 0 N–H and O–H groups in total. The van der Waals surface area contributed by atoms with Gasteiger partial charge in [0, 0.05) is 13.0 Å². The standard InChI is InChI=1S/C7H9ClN2OS/c8-7-10-9-6(12-7)4-5-2-1-3-11-5/h5H,1-4H2. The summed E-state index contributed by atoms with van der Waals surface area (Å²) in [5, 5.41) is 8.65. The van der Waals surface area contributed by atoms with Crippen LogP contribution >= 0.6 is 22.9 Å². The number of nitrogens with zero attached hydrogens (tertiary/aromatic N) is 2. The van der Waals surface area contributed by atoms with Crippen LogP contribution in [0.25, 0.3) is 0 Å². The zero-order valence-corrected chi connectivity index (χ0v) is 8.07. The van der Waals surface area contributed by atoms with Gasteiger partial charge >= 0.3 is 0 Å². The first-order chi connectivity index (χ1) is 5.84. The normalized spacial score (nSPS) is 23.2. The van der Waals surface area contributed by atoms with Gasteiger partial charge in [0.15, 0.2) is 0 Å². The van der Waals surface area contributed by atoms with E-state index >= 15 is 0 Å². The van der Waals surface area contributed by atoms with E-state index in [0.29, 0.717) is 10.6 Å². The second-order valence-corrected chi connectivity index (χ2v) is 4.43. The highest BCUT2D eigenvalue weighted by Gasteiger charge is 2.17. The lowest BCUT2D eigenvalue weighted by Crippen LogP contribution is -2.08. The van der Waals surface area contributed by atoms with Gasteiger partial charge in [-0.15, -0.1) is 10.2 Å². The van der Waals surface area contributed by atoms with Crippen molar-refractivity contribution in [2.75, 3.05) is 6.61 Å². The van der Waals surface area contributed by atoms with Crippen molar-refractivity contribution in [3.8, 4) is 0 Å². The lowest BCUT2D eigenvalue weighted by Gasteiger charge is -2.04. The highest BCUT2D eigenvalue weighted by molar-refractivity contribution is 7.15. The fourth-order valence-electron chi connectivity index (χ4n) is 1.32. The fourth-order valence-corrected chi connectivity index (χ4v) is 2.25. The molecule has 1 saturated heterocycles. The Hall–Kier alpha value is -0.190. The van der Waals surface area contributed by atoms with Gasteiger partial charge in [-0.2, -0.15) is 0 Å². The zero-order chi connectivity index (χ0) is 8.39. The quantitative estimate of drug-likeness (QED) is 0.738. The molecule has 0 saturated carbocycles. The molecular formula is C7H9ClN2OS. The molecular weight excluding hydrogens is 196 g/mol. The van der Waals surface area contributed by atoms with Gasteiger partial charge < -0.3 is 4.74 Å². The van der Waals surface area contributed by atoms with Crippen molar-refractivity contribution in [3.05, 3.63) is 9.47 Å². The van der Waals surface area contributed by atoms with E-state index in [2.05, 4.69) is 10.2 Å². The summed E-state index contributed by atoms with van der Waals surface area (Å²) in [5.41, 5.74) is 0. The number of aromatic nitrogens is 2. The fraction of sp³-hybridized carbons (Fsp3) is 0.714. The maximum Gasteiger partial charge on any atom is 0.207 e. The molecule has 1 aromatic heterocycles. The third-order valence-electron chi connectivity index (χ3n) is 1.87. The summed E-state index contributed by atoms with van der Waals surface area (Å²) in [6.07, 6.45) is 3.51. The van der Waals surface area contributed by atoms with E-state index in [1.54, 1.807) is 0 Å². The molecule has 12 heavy (non-hydrogen) atoms. The SMILES string of the molecule is Clc1nnc(CC2CCCO2)s1. The average molecular weight is 205 g/mol. The van der Waals surface area contributed by atoms with Gasteiger partial charge in [0.05, 0.1) is 6.10 Å². The molecule has 1 aromatic rings. The topological polar surface area (TPSA) is 35.0 Å². The van der Waals surface area contributed by atoms with Crippen LogP contribution in [0.2, 0.25) is 4.47 Å². The molecule has 3 nitrogen and oxygen atoms in total. The summed E-state index contributed by atoms with van der Waals surface area (Å²) < 4.78 is 5.98. The van der Waals surface area contributed by atoms with E-state index in [9.17, 15) is 0 Å². The number of halogens is 1. The van der Waals surface area contributed by atoms with E-state index < -0.39 is 0 Å². The lowest BCUT2D eigenvalue weighted by atomic mass is 10.2. The summed E-state index contributed by atoms with van der Waals surface area (Å²) in [7, 11) is 0. The molecule has 1 aliphatic rings. The minimum absolute atomic E-state index is 0.342. The smallest absolute Gasteiger partial charge is 0.207 e. The predicted octanol–water partition coefficient (Wildman–Crippen LogP) is 1.91. The molecule has 1 fully saturated rings. The van der Waals surface area contributed by atoms with E-state index in [1.165, 1.54) is 11.3 Å². The van der Waals surface area contributed by atoms with Crippen LogP contribution in [0.3, 0.4) is 0 Å². The summed E-state index contributed by atoms with van der Waals surface area (Å²) in [6, 6.07) is 0.